The minimum atomic E-state index is -0.128. The molecule has 1 heterocycles. The molecule has 1 aliphatic heterocycles. The topological polar surface area (TPSA) is 38.3 Å². The molecule has 0 spiro atoms. The second-order valence-electron chi connectivity index (χ2n) is 3.07. The SMILES string of the molecule is COC(=O)[C@@H]1CCC[C@H](C)N1. The van der Waals surface area contributed by atoms with Gasteiger partial charge in [-0.25, -0.2) is 0 Å². The van der Waals surface area contributed by atoms with E-state index < -0.39 is 0 Å². The maximum Gasteiger partial charge on any atom is 0.322 e. The fourth-order valence-electron chi connectivity index (χ4n) is 1.47. The van der Waals surface area contributed by atoms with Crippen molar-refractivity contribution in [1.29, 1.82) is 0 Å². The van der Waals surface area contributed by atoms with Crippen molar-refractivity contribution in [3.05, 3.63) is 0 Å². The van der Waals surface area contributed by atoms with Gasteiger partial charge in [0.2, 0.25) is 0 Å². The average Bonchev–Trinajstić information content (AvgIpc) is 2.03. The number of esters is 1. The predicted molar refractivity (Wildman–Crippen MR) is 42.3 cm³/mol. The van der Waals surface area contributed by atoms with Gasteiger partial charge in [0.1, 0.15) is 6.04 Å². The van der Waals surface area contributed by atoms with E-state index in [0.29, 0.717) is 6.04 Å². The summed E-state index contributed by atoms with van der Waals surface area (Å²) in [6.07, 6.45) is 3.19. The maximum absolute atomic E-state index is 11.0. The first-order valence-electron chi connectivity index (χ1n) is 4.08. The minimum Gasteiger partial charge on any atom is -0.468 e. The summed E-state index contributed by atoms with van der Waals surface area (Å²) in [5.41, 5.74) is 0. The Morgan fingerprint density at radius 1 is 1.55 bits per heavy atom. The Morgan fingerprint density at radius 2 is 2.27 bits per heavy atom. The number of methoxy groups -OCH3 is 1. The summed E-state index contributed by atoms with van der Waals surface area (Å²) in [7, 11) is 1.43. The van der Waals surface area contributed by atoms with Gasteiger partial charge in [-0.15, -0.1) is 0 Å². The van der Waals surface area contributed by atoms with Crippen LogP contribution >= 0.6 is 0 Å². The van der Waals surface area contributed by atoms with Gasteiger partial charge in [-0.1, -0.05) is 0 Å². The number of hydrogen-bond donors (Lipinski definition) is 1. The third kappa shape index (κ3) is 2.19. The molecule has 3 nitrogen and oxygen atoms in total. The highest BCUT2D eigenvalue weighted by Crippen LogP contribution is 2.12. The molecule has 64 valence electrons. The molecular formula is C8H15NO2. The number of carbonyl (C=O) groups is 1. The van der Waals surface area contributed by atoms with Gasteiger partial charge in [0.15, 0.2) is 0 Å². The third-order valence-electron chi connectivity index (χ3n) is 2.10. The number of ether oxygens (including phenoxy) is 1. The summed E-state index contributed by atoms with van der Waals surface area (Å²) < 4.78 is 4.64. The molecule has 1 rings (SSSR count). The van der Waals surface area contributed by atoms with Crippen molar-refractivity contribution in [2.24, 2.45) is 0 Å². The molecule has 0 amide bonds. The highest BCUT2D eigenvalue weighted by Gasteiger charge is 2.24. The summed E-state index contributed by atoms with van der Waals surface area (Å²) >= 11 is 0. The molecular weight excluding hydrogens is 142 g/mol. The average molecular weight is 157 g/mol. The summed E-state index contributed by atoms with van der Waals surface area (Å²) in [6.45, 7) is 2.09. The molecule has 0 aliphatic carbocycles. The summed E-state index contributed by atoms with van der Waals surface area (Å²) in [5, 5.41) is 3.19. The lowest BCUT2D eigenvalue weighted by molar-refractivity contribution is -0.144. The molecule has 1 fully saturated rings. The Hall–Kier alpha value is -0.570. The van der Waals surface area contributed by atoms with Crippen molar-refractivity contribution in [1.82, 2.24) is 5.32 Å². The minimum absolute atomic E-state index is 0.0660. The third-order valence-corrected chi connectivity index (χ3v) is 2.10. The van der Waals surface area contributed by atoms with E-state index in [1.54, 1.807) is 0 Å². The normalized spacial score (nSPS) is 31.5. The van der Waals surface area contributed by atoms with E-state index in [9.17, 15) is 4.79 Å². The summed E-state index contributed by atoms with van der Waals surface area (Å²) in [4.78, 5) is 11.0. The fraction of sp³-hybridized carbons (Fsp3) is 0.875. The van der Waals surface area contributed by atoms with Crippen molar-refractivity contribution in [2.45, 2.75) is 38.3 Å². The molecule has 0 unspecified atom stereocenters. The first-order valence-corrected chi connectivity index (χ1v) is 4.08. The molecule has 1 aliphatic rings. The molecule has 1 saturated heterocycles. The van der Waals surface area contributed by atoms with Gasteiger partial charge in [-0.2, -0.15) is 0 Å². The summed E-state index contributed by atoms with van der Waals surface area (Å²) in [5.74, 6) is -0.128. The van der Waals surface area contributed by atoms with E-state index in [1.165, 1.54) is 7.11 Å². The monoisotopic (exact) mass is 157 g/mol. The second-order valence-corrected chi connectivity index (χ2v) is 3.07. The maximum atomic E-state index is 11.0. The van der Waals surface area contributed by atoms with Gasteiger partial charge in [0.25, 0.3) is 0 Å². The van der Waals surface area contributed by atoms with Crippen LogP contribution < -0.4 is 5.32 Å². The van der Waals surface area contributed by atoms with E-state index in [1.807, 2.05) is 0 Å². The highest BCUT2D eigenvalue weighted by molar-refractivity contribution is 5.75. The Labute approximate surface area is 67.1 Å². The van der Waals surface area contributed by atoms with Crippen LogP contribution in [0.5, 0.6) is 0 Å². The molecule has 2 atom stereocenters. The summed E-state index contributed by atoms with van der Waals surface area (Å²) in [6, 6.07) is 0.386. The van der Waals surface area contributed by atoms with E-state index in [0.717, 1.165) is 19.3 Å². The lowest BCUT2D eigenvalue weighted by Gasteiger charge is -2.26. The van der Waals surface area contributed by atoms with Crippen LogP contribution in [0.15, 0.2) is 0 Å². The van der Waals surface area contributed by atoms with Crippen molar-refractivity contribution in [2.75, 3.05) is 7.11 Å². The number of piperidine rings is 1. The Morgan fingerprint density at radius 3 is 2.82 bits per heavy atom. The van der Waals surface area contributed by atoms with E-state index >= 15 is 0 Å². The number of carbonyl (C=O) groups excluding carboxylic acids is 1. The Kier molecular flexibility index (Phi) is 2.88. The lowest BCUT2D eigenvalue weighted by atomic mass is 10.00. The van der Waals surface area contributed by atoms with Crippen LogP contribution in [0.2, 0.25) is 0 Å². The van der Waals surface area contributed by atoms with Crippen LogP contribution in [0.25, 0.3) is 0 Å². The predicted octanol–water partition coefficient (Wildman–Crippen LogP) is 0.690. The fourth-order valence-corrected chi connectivity index (χ4v) is 1.47. The Bertz CT molecular complexity index is 147. The van der Waals surface area contributed by atoms with Gasteiger partial charge in [-0.3, -0.25) is 4.79 Å². The Balaban J connectivity index is 2.39. The lowest BCUT2D eigenvalue weighted by Crippen LogP contribution is -2.45. The first kappa shape index (κ1) is 8.53. The highest BCUT2D eigenvalue weighted by atomic mass is 16.5. The van der Waals surface area contributed by atoms with Gasteiger partial charge in [0, 0.05) is 6.04 Å². The standard InChI is InChI=1S/C8H15NO2/c1-6-4-3-5-7(9-6)8(10)11-2/h6-7,9H,3-5H2,1-2H3/t6-,7-/m0/s1. The molecule has 0 aromatic carbocycles. The van der Waals surface area contributed by atoms with Gasteiger partial charge >= 0.3 is 5.97 Å². The molecule has 0 radical (unpaired) electrons. The zero-order valence-corrected chi connectivity index (χ0v) is 7.09. The van der Waals surface area contributed by atoms with Crippen molar-refractivity contribution in [3.8, 4) is 0 Å². The molecule has 1 N–H and O–H groups in total. The van der Waals surface area contributed by atoms with Crippen molar-refractivity contribution in [3.63, 3.8) is 0 Å². The van der Waals surface area contributed by atoms with Gasteiger partial charge in [-0.05, 0) is 26.2 Å². The van der Waals surface area contributed by atoms with Crippen LogP contribution in [-0.2, 0) is 9.53 Å². The van der Waals surface area contributed by atoms with E-state index in [4.69, 9.17) is 0 Å². The van der Waals surface area contributed by atoms with Crippen LogP contribution in [0.3, 0.4) is 0 Å². The number of hydrogen-bond acceptors (Lipinski definition) is 3. The molecule has 0 aromatic heterocycles. The molecule has 0 bridgehead atoms. The van der Waals surface area contributed by atoms with Crippen LogP contribution in [-0.4, -0.2) is 25.2 Å². The quantitative estimate of drug-likeness (QED) is 0.569. The first-order chi connectivity index (χ1) is 5.24. The molecule has 11 heavy (non-hydrogen) atoms. The van der Waals surface area contributed by atoms with Crippen molar-refractivity contribution < 1.29 is 9.53 Å². The van der Waals surface area contributed by atoms with Crippen molar-refractivity contribution >= 4 is 5.97 Å². The zero-order valence-electron chi connectivity index (χ0n) is 7.09. The molecule has 0 saturated carbocycles. The second kappa shape index (κ2) is 3.72. The van der Waals surface area contributed by atoms with E-state index in [2.05, 4.69) is 17.0 Å². The van der Waals surface area contributed by atoms with Crippen LogP contribution in [0, 0.1) is 0 Å². The van der Waals surface area contributed by atoms with Crippen LogP contribution in [0.4, 0.5) is 0 Å². The van der Waals surface area contributed by atoms with Crippen LogP contribution in [0.1, 0.15) is 26.2 Å². The van der Waals surface area contributed by atoms with E-state index in [-0.39, 0.29) is 12.0 Å². The number of rotatable bonds is 1. The smallest absolute Gasteiger partial charge is 0.322 e. The number of nitrogens with one attached hydrogen (secondary N) is 1. The molecule has 0 aromatic rings. The largest absolute Gasteiger partial charge is 0.468 e. The van der Waals surface area contributed by atoms with Gasteiger partial charge in [0.05, 0.1) is 7.11 Å². The zero-order chi connectivity index (χ0) is 8.27. The van der Waals surface area contributed by atoms with Gasteiger partial charge < -0.3 is 10.1 Å². The molecule has 3 heteroatoms.